The topological polar surface area (TPSA) is 60.9 Å². The minimum atomic E-state index is -0.295. The number of aromatic nitrogens is 2. The zero-order chi connectivity index (χ0) is 14.4. The monoisotopic (exact) mass is 273 g/mol. The molecule has 4 nitrogen and oxygen atoms in total. The predicted molar refractivity (Wildman–Crippen MR) is 81.2 cm³/mol. The molecule has 2 aromatic rings. The van der Waals surface area contributed by atoms with Crippen LogP contribution >= 0.6 is 0 Å². The van der Waals surface area contributed by atoms with E-state index in [4.69, 9.17) is 0 Å². The summed E-state index contributed by atoms with van der Waals surface area (Å²) in [5.41, 5.74) is 3.08. The molecule has 2 rings (SSSR count). The van der Waals surface area contributed by atoms with Crippen LogP contribution in [0.1, 0.15) is 26.0 Å². The average Bonchev–Trinajstić information content (AvgIpc) is 2.96. The molecule has 0 aliphatic heterocycles. The van der Waals surface area contributed by atoms with Gasteiger partial charge >= 0.3 is 0 Å². The number of aliphatic hydroxyl groups excluding tert-OH is 1. The molecule has 1 heterocycles. The van der Waals surface area contributed by atoms with Gasteiger partial charge in [0.25, 0.3) is 0 Å². The first-order valence-corrected chi connectivity index (χ1v) is 7.19. The van der Waals surface area contributed by atoms with Gasteiger partial charge in [-0.3, -0.25) is 5.10 Å². The lowest BCUT2D eigenvalue weighted by Gasteiger charge is -2.17. The Kier molecular flexibility index (Phi) is 5.32. The molecular weight excluding hydrogens is 250 g/mol. The van der Waals surface area contributed by atoms with E-state index < -0.39 is 0 Å². The Morgan fingerprint density at radius 3 is 2.75 bits per heavy atom. The molecular formula is C16H23N3O. The summed E-state index contributed by atoms with van der Waals surface area (Å²) in [4.78, 5) is 0. The zero-order valence-corrected chi connectivity index (χ0v) is 12.1. The molecule has 1 aromatic heterocycles. The maximum atomic E-state index is 9.89. The van der Waals surface area contributed by atoms with Crippen molar-refractivity contribution in [2.24, 2.45) is 5.92 Å². The van der Waals surface area contributed by atoms with Crippen LogP contribution in [-0.2, 0) is 6.54 Å². The molecule has 2 unspecified atom stereocenters. The molecule has 0 saturated carbocycles. The van der Waals surface area contributed by atoms with E-state index in [0.717, 1.165) is 23.4 Å². The van der Waals surface area contributed by atoms with Crippen LogP contribution in [0.15, 0.2) is 36.4 Å². The van der Waals surface area contributed by atoms with E-state index in [9.17, 15) is 5.11 Å². The van der Waals surface area contributed by atoms with Gasteiger partial charge in [-0.05, 0) is 12.0 Å². The molecule has 1 aromatic carbocycles. The number of hydrogen-bond donors (Lipinski definition) is 3. The third-order valence-corrected chi connectivity index (χ3v) is 3.67. The second kappa shape index (κ2) is 7.22. The zero-order valence-electron chi connectivity index (χ0n) is 12.1. The molecule has 108 valence electrons. The van der Waals surface area contributed by atoms with Gasteiger partial charge in [0.05, 0.1) is 11.8 Å². The van der Waals surface area contributed by atoms with Crippen LogP contribution in [0.4, 0.5) is 0 Å². The van der Waals surface area contributed by atoms with Crippen LogP contribution in [-0.4, -0.2) is 28.0 Å². The van der Waals surface area contributed by atoms with Crippen molar-refractivity contribution < 1.29 is 5.11 Å². The molecule has 20 heavy (non-hydrogen) atoms. The number of nitrogens with one attached hydrogen (secondary N) is 2. The Bertz CT molecular complexity index is 509. The Morgan fingerprint density at radius 1 is 1.30 bits per heavy atom. The maximum absolute atomic E-state index is 9.89. The molecule has 4 heteroatoms. The maximum Gasteiger partial charge on any atom is 0.0924 e. The first-order valence-electron chi connectivity index (χ1n) is 7.19. The van der Waals surface area contributed by atoms with E-state index in [1.165, 1.54) is 0 Å². The average molecular weight is 273 g/mol. The summed E-state index contributed by atoms with van der Waals surface area (Å²) in [7, 11) is 0. The highest BCUT2D eigenvalue weighted by molar-refractivity contribution is 5.58. The van der Waals surface area contributed by atoms with Crippen LogP contribution in [0, 0.1) is 5.92 Å². The smallest absolute Gasteiger partial charge is 0.0924 e. The molecule has 0 spiro atoms. The first-order chi connectivity index (χ1) is 9.70. The molecule has 3 N–H and O–H groups in total. The number of nitrogens with zero attached hydrogens (tertiary/aromatic N) is 1. The van der Waals surface area contributed by atoms with Crippen molar-refractivity contribution in [3.8, 4) is 11.3 Å². The third kappa shape index (κ3) is 3.92. The van der Waals surface area contributed by atoms with Crippen molar-refractivity contribution in [2.45, 2.75) is 32.9 Å². The van der Waals surface area contributed by atoms with Gasteiger partial charge in [0.2, 0.25) is 0 Å². The van der Waals surface area contributed by atoms with Crippen LogP contribution in [0.25, 0.3) is 11.3 Å². The number of H-pyrrole nitrogens is 1. The fraction of sp³-hybridized carbons (Fsp3) is 0.438. The standard InChI is InChI=1S/C16H23N3O/c1-3-12(2)16(20)11-17-10-14-9-15(19-18-14)13-7-5-4-6-8-13/h4-9,12,16-17,20H,3,10-11H2,1-2H3,(H,18,19). The van der Waals surface area contributed by atoms with E-state index in [1.54, 1.807) is 0 Å². The summed E-state index contributed by atoms with van der Waals surface area (Å²) in [6.45, 7) is 5.45. The molecule has 0 amide bonds. The van der Waals surface area contributed by atoms with Gasteiger partial charge in [0, 0.05) is 24.3 Å². The Hall–Kier alpha value is -1.65. The van der Waals surface area contributed by atoms with Gasteiger partial charge in [-0.25, -0.2) is 0 Å². The quantitative estimate of drug-likeness (QED) is 0.726. The summed E-state index contributed by atoms with van der Waals surface area (Å²) in [5.74, 6) is 0.323. The van der Waals surface area contributed by atoms with Gasteiger partial charge < -0.3 is 10.4 Å². The van der Waals surface area contributed by atoms with Gasteiger partial charge in [-0.1, -0.05) is 50.6 Å². The van der Waals surface area contributed by atoms with E-state index in [-0.39, 0.29) is 6.10 Å². The number of aliphatic hydroxyl groups is 1. The van der Waals surface area contributed by atoms with Crippen molar-refractivity contribution in [1.82, 2.24) is 15.5 Å². The molecule has 2 atom stereocenters. The highest BCUT2D eigenvalue weighted by Gasteiger charge is 2.11. The van der Waals surface area contributed by atoms with Crippen molar-refractivity contribution in [3.63, 3.8) is 0 Å². The molecule has 0 saturated heterocycles. The van der Waals surface area contributed by atoms with Crippen LogP contribution in [0.5, 0.6) is 0 Å². The van der Waals surface area contributed by atoms with Crippen LogP contribution in [0.3, 0.4) is 0 Å². The number of aromatic amines is 1. The van der Waals surface area contributed by atoms with Crippen LogP contribution in [0.2, 0.25) is 0 Å². The van der Waals surface area contributed by atoms with E-state index in [0.29, 0.717) is 19.0 Å². The van der Waals surface area contributed by atoms with Crippen LogP contribution < -0.4 is 5.32 Å². The van der Waals surface area contributed by atoms with Crippen molar-refractivity contribution >= 4 is 0 Å². The largest absolute Gasteiger partial charge is 0.392 e. The lowest BCUT2D eigenvalue weighted by molar-refractivity contribution is 0.112. The highest BCUT2D eigenvalue weighted by Crippen LogP contribution is 2.16. The number of benzene rings is 1. The Balaban J connectivity index is 1.85. The molecule has 0 radical (unpaired) electrons. The van der Waals surface area contributed by atoms with Gasteiger partial charge in [-0.2, -0.15) is 5.10 Å². The molecule has 0 aliphatic rings. The summed E-state index contributed by atoms with van der Waals surface area (Å²) in [5, 5.41) is 20.5. The first kappa shape index (κ1) is 14.8. The SMILES string of the molecule is CCC(C)C(O)CNCc1cc(-c2ccccc2)n[nH]1. The van der Waals surface area contributed by atoms with Crippen molar-refractivity contribution in [3.05, 3.63) is 42.1 Å². The van der Waals surface area contributed by atoms with Gasteiger partial charge in [-0.15, -0.1) is 0 Å². The lowest BCUT2D eigenvalue weighted by atomic mass is 10.0. The summed E-state index contributed by atoms with van der Waals surface area (Å²) < 4.78 is 0. The van der Waals surface area contributed by atoms with Crippen molar-refractivity contribution in [2.75, 3.05) is 6.54 Å². The van der Waals surface area contributed by atoms with E-state index in [1.807, 2.05) is 36.4 Å². The van der Waals surface area contributed by atoms with Crippen molar-refractivity contribution in [1.29, 1.82) is 0 Å². The summed E-state index contributed by atoms with van der Waals surface area (Å²) >= 11 is 0. The van der Waals surface area contributed by atoms with Gasteiger partial charge in [0.15, 0.2) is 0 Å². The Labute approximate surface area is 120 Å². The predicted octanol–water partition coefficient (Wildman–Crippen LogP) is 2.57. The second-order valence-electron chi connectivity index (χ2n) is 5.23. The van der Waals surface area contributed by atoms with E-state index >= 15 is 0 Å². The number of hydrogen-bond acceptors (Lipinski definition) is 3. The highest BCUT2D eigenvalue weighted by atomic mass is 16.3. The summed E-state index contributed by atoms with van der Waals surface area (Å²) in [6, 6.07) is 12.1. The van der Waals surface area contributed by atoms with E-state index in [2.05, 4.69) is 29.4 Å². The Morgan fingerprint density at radius 2 is 2.05 bits per heavy atom. The minimum Gasteiger partial charge on any atom is -0.392 e. The molecule has 0 fully saturated rings. The minimum absolute atomic E-state index is 0.295. The normalized spacial score (nSPS) is 14.2. The second-order valence-corrected chi connectivity index (χ2v) is 5.23. The number of rotatable bonds is 7. The lowest BCUT2D eigenvalue weighted by Crippen LogP contribution is -2.31. The summed E-state index contributed by atoms with van der Waals surface area (Å²) in [6.07, 6.45) is 0.696. The fourth-order valence-electron chi connectivity index (χ4n) is 2.04. The van der Waals surface area contributed by atoms with Gasteiger partial charge in [0.1, 0.15) is 0 Å². The fourth-order valence-corrected chi connectivity index (χ4v) is 2.04. The molecule has 0 aliphatic carbocycles. The molecule has 0 bridgehead atoms. The third-order valence-electron chi connectivity index (χ3n) is 3.67.